The molecular weight excluding hydrogens is 164 g/mol. The molecule has 0 aliphatic rings. The van der Waals surface area contributed by atoms with Crippen molar-refractivity contribution in [1.82, 2.24) is 14.7 Å². The van der Waals surface area contributed by atoms with Gasteiger partial charge in [-0.25, -0.2) is 9.97 Å². The Morgan fingerprint density at radius 3 is 3.18 bits per heavy atom. The van der Waals surface area contributed by atoms with Crippen LogP contribution in [0.3, 0.4) is 0 Å². The SMILES string of the molecule is Nc1ncncc1SNC=O. The van der Waals surface area contributed by atoms with Crippen molar-refractivity contribution in [3.8, 4) is 0 Å². The molecule has 0 unspecified atom stereocenters. The highest BCUT2D eigenvalue weighted by Gasteiger charge is 1.98. The first-order valence-corrected chi connectivity index (χ1v) is 3.57. The highest BCUT2D eigenvalue weighted by molar-refractivity contribution is 7.98. The molecule has 5 nitrogen and oxygen atoms in total. The van der Waals surface area contributed by atoms with Gasteiger partial charge in [0, 0.05) is 6.20 Å². The Hall–Kier alpha value is -1.30. The molecule has 11 heavy (non-hydrogen) atoms. The largest absolute Gasteiger partial charge is 0.383 e. The van der Waals surface area contributed by atoms with Crippen LogP contribution in [0.4, 0.5) is 5.82 Å². The summed E-state index contributed by atoms with van der Waals surface area (Å²) in [5.74, 6) is 0.361. The number of aromatic nitrogens is 2. The first-order valence-electron chi connectivity index (χ1n) is 2.76. The van der Waals surface area contributed by atoms with Crippen molar-refractivity contribution in [3.63, 3.8) is 0 Å². The first kappa shape index (κ1) is 7.80. The van der Waals surface area contributed by atoms with Crippen molar-refractivity contribution in [1.29, 1.82) is 0 Å². The van der Waals surface area contributed by atoms with Crippen LogP contribution in [0, 0.1) is 0 Å². The van der Waals surface area contributed by atoms with Gasteiger partial charge >= 0.3 is 0 Å². The average Bonchev–Trinajstić information content (AvgIpc) is 2.03. The minimum Gasteiger partial charge on any atom is -0.383 e. The zero-order valence-electron chi connectivity index (χ0n) is 5.52. The van der Waals surface area contributed by atoms with E-state index in [4.69, 9.17) is 5.73 Å². The van der Waals surface area contributed by atoms with Crippen LogP contribution in [-0.4, -0.2) is 16.4 Å². The van der Waals surface area contributed by atoms with Crippen LogP contribution in [0.15, 0.2) is 17.4 Å². The third-order valence-electron chi connectivity index (χ3n) is 0.925. The summed E-state index contributed by atoms with van der Waals surface area (Å²) in [7, 11) is 0. The van der Waals surface area contributed by atoms with Gasteiger partial charge in [0.05, 0.1) is 4.90 Å². The number of carbonyl (C=O) groups is 1. The van der Waals surface area contributed by atoms with Crippen molar-refractivity contribution in [3.05, 3.63) is 12.5 Å². The molecule has 0 aromatic carbocycles. The van der Waals surface area contributed by atoms with Crippen LogP contribution in [0.1, 0.15) is 0 Å². The molecule has 0 spiro atoms. The number of hydrogen-bond donors (Lipinski definition) is 2. The molecule has 1 aromatic heterocycles. The van der Waals surface area contributed by atoms with Gasteiger partial charge in [0.1, 0.15) is 12.1 Å². The molecule has 0 fully saturated rings. The summed E-state index contributed by atoms with van der Waals surface area (Å²) in [6.07, 6.45) is 3.45. The van der Waals surface area contributed by atoms with Crippen molar-refractivity contribution in [2.24, 2.45) is 0 Å². The number of rotatable bonds is 3. The lowest BCUT2D eigenvalue weighted by atomic mass is 10.6. The lowest BCUT2D eigenvalue weighted by Gasteiger charge is -1.99. The first-order chi connectivity index (χ1) is 5.34. The minimum absolute atomic E-state index is 0.361. The molecule has 1 aromatic rings. The standard InChI is InChI=1S/C5H6N4OS/c6-5-4(11-9-3-10)1-7-2-8-5/h1-3H,(H,9,10)(H2,6,7,8). The average molecular weight is 170 g/mol. The Morgan fingerprint density at radius 1 is 1.73 bits per heavy atom. The predicted molar refractivity (Wildman–Crippen MR) is 41.5 cm³/mol. The molecule has 6 heteroatoms. The molecule has 0 bridgehead atoms. The lowest BCUT2D eigenvalue weighted by molar-refractivity contribution is -0.107. The van der Waals surface area contributed by atoms with Gasteiger partial charge < -0.3 is 5.73 Å². The molecule has 3 N–H and O–H groups in total. The Labute approximate surface area is 67.5 Å². The summed E-state index contributed by atoms with van der Waals surface area (Å²) in [6, 6.07) is 0. The smallest absolute Gasteiger partial charge is 0.217 e. The van der Waals surface area contributed by atoms with Gasteiger partial charge in [0.15, 0.2) is 0 Å². The van der Waals surface area contributed by atoms with Crippen LogP contribution in [0.25, 0.3) is 0 Å². The number of carbonyl (C=O) groups excluding carboxylic acids is 1. The molecule has 1 rings (SSSR count). The van der Waals surface area contributed by atoms with Gasteiger partial charge in [-0.1, -0.05) is 0 Å². The van der Waals surface area contributed by atoms with Crippen LogP contribution in [-0.2, 0) is 4.79 Å². The van der Waals surface area contributed by atoms with E-state index in [2.05, 4.69) is 14.7 Å². The molecule has 0 saturated heterocycles. The highest BCUT2D eigenvalue weighted by atomic mass is 32.2. The Kier molecular flexibility index (Phi) is 2.67. The van der Waals surface area contributed by atoms with Gasteiger partial charge in [0.25, 0.3) is 0 Å². The Balaban J connectivity index is 2.69. The van der Waals surface area contributed by atoms with E-state index in [-0.39, 0.29) is 0 Å². The second kappa shape index (κ2) is 3.77. The number of nitrogens with zero attached hydrogens (tertiary/aromatic N) is 2. The van der Waals surface area contributed by atoms with Crippen molar-refractivity contribution < 1.29 is 4.79 Å². The third kappa shape index (κ3) is 2.08. The quantitative estimate of drug-likeness (QED) is 0.485. The van der Waals surface area contributed by atoms with E-state index < -0.39 is 0 Å². The van der Waals surface area contributed by atoms with E-state index in [0.717, 1.165) is 11.9 Å². The number of amides is 1. The molecule has 1 heterocycles. The van der Waals surface area contributed by atoms with E-state index in [0.29, 0.717) is 17.1 Å². The maximum atomic E-state index is 9.88. The minimum atomic E-state index is 0.361. The number of hydrogen-bond acceptors (Lipinski definition) is 5. The molecule has 0 aliphatic carbocycles. The second-order valence-electron chi connectivity index (χ2n) is 1.61. The van der Waals surface area contributed by atoms with E-state index in [1.165, 1.54) is 12.5 Å². The topological polar surface area (TPSA) is 80.9 Å². The zero-order valence-corrected chi connectivity index (χ0v) is 6.34. The molecule has 0 atom stereocenters. The zero-order chi connectivity index (χ0) is 8.10. The van der Waals surface area contributed by atoms with E-state index >= 15 is 0 Å². The molecule has 0 aliphatic heterocycles. The number of nitrogen functional groups attached to an aromatic ring is 1. The molecule has 0 radical (unpaired) electrons. The summed E-state index contributed by atoms with van der Waals surface area (Å²) in [5.41, 5.74) is 5.43. The van der Waals surface area contributed by atoms with E-state index in [9.17, 15) is 4.79 Å². The fourth-order valence-corrected chi connectivity index (χ4v) is 0.938. The van der Waals surface area contributed by atoms with Gasteiger partial charge in [-0.15, -0.1) is 0 Å². The van der Waals surface area contributed by atoms with Crippen LogP contribution < -0.4 is 10.5 Å². The molecular formula is C5H6N4OS. The summed E-state index contributed by atoms with van der Waals surface area (Å²) in [4.78, 5) is 18.0. The van der Waals surface area contributed by atoms with Gasteiger partial charge in [0.2, 0.25) is 6.41 Å². The maximum Gasteiger partial charge on any atom is 0.217 e. The fraction of sp³-hybridized carbons (Fsp3) is 0. The summed E-state index contributed by atoms with van der Waals surface area (Å²) < 4.78 is 2.38. The Morgan fingerprint density at radius 2 is 2.55 bits per heavy atom. The lowest BCUT2D eigenvalue weighted by Crippen LogP contribution is -2.01. The monoisotopic (exact) mass is 170 g/mol. The molecule has 1 amide bonds. The number of anilines is 1. The highest BCUT2D eigenvalue weighted by Crippen LogP contribution is 2.16. The van der Waals surface area contributed by atoms with E-state index in [1.807, 2.05) is 0 Å². The van der Waals surface area contributed by atoms with Crippen molar-refractivity contribution in [2.75, 3.05) is 5.73 Å². The molecule has 0 saturated carbocycles. The normalized spacial score (nSPS) is 9.09. The predicted octanol–water partition coefficient (Wildman–Crippen LogP) is -0.188. The summed E-state index contributed by atoms with van der Waals surface area (Å²) in [6.45, 7) is 0. The summed E-state index contributed by atoms with van der Waals surface area (Å²) in [5, 5.41) is 0. The summed E-state index contributed by atoms with van der Waals surface area (Å²) >= 11 is 1.08. The maximum absolute atomic E-state index is 9.88. The van der Waals surface area contributed by atoms with E-state index in [1.54, 1.807) is 0 Å². The second-order valence-corrected chi connectivity index (χ2v) is 2.49. The van der Waals surface area contributed by atoms with Crippen molar-refractivity contribution >= 4 is 24.2 Å². The van der Waals surface area contributed by atoms with Crippen LogP contribution in [0.2, 0.25) is 0 Å². The number of nitrogens with two attached hydrogens (primary N) is 1. The van der Waals surface area contributed by atoms with Crippen LogP contribution >= 0.6 is 11.9 Å². The molecule has 58 valence electrons. The van der Waals surface area contributed by atoms with Crippen LogP contribution in [0.5, 0.6) is 0 Å². The Bertz CT molecular complexity index is 254. The van der Waals surface area contributed by atoms with Crippen molar-refractivity contribution in [2.45, 2.75) is 4.90 Å². The van der Waals surface area contributed by atoms with Gasteiger partial charge in [-0.05, 0) is 11.9 Å². The van der Waals surface area contributed by atoms with Gasteiger partial charge in [-0.2, -0.15) is 0 Å². The third-order valence-corrected chi connectivity index (χ3v) is 1.67. The fourth-order valence-electron chi connectivity index (χ4n) is 0.492. The van der Waals surface area contributed by atoms with Gasteiger partial charge in [-0.3, -0.25) is 9.52 Å². The number of nitrogens with one attached hydrogen (secondary N) is 1.